The van der Waals surface area contributed by atoms with Crippen LogP contribution in [0.2, 0.25) is 0 Å². The van der Waals surface area contributed by atoms with Crippen LogP contribution < -0.4 is 4.72 Å². The largest absolute Gasteiger partial charge is 0.268 e. The van der Waals surface area contributed by atoms with Gasteiger partial charge in [-0.1, -0.05) is 61.7 Å². The number of fused-ring (bicyclic) bond motifs is 1. The van der Waals surface area contributed by atoms with Crippen molar-refractivity contribution in [2.45, 2.75) is 42.0 Å². The van der Waals surface area contributed by atoms with E-state index in [-0.39, 0.29) is 4.34 Å². The Balaban J connectivity index is 1.74. The van der Waals surface area contributed by atoms with Crippen molar-refractivity contribution < 1.29 is 8.42 Å². The summed E-state index contributed by atoms with van der Waals surface area (Å²) in [5.41, 5.74) is 1.24. The molecule has 6 heteroatoms. The lowest BCUT2D eigenvalue weighted by molar-refractivity contribution is 0.273. The van der Waals surface area contributed by atoms with E-state index in [1.165, 1.54) is 11.3 Å². The molecule has 1 N–H and O–H groups in total. The highest BCUT2D eigenvalue weighted by atomic mass is 32.2. The molecule has 2 aromatic carbocycles. The number of nitrogens with zero attached hydrogens (tertiary/aromatic N) is 1. The monoisotopic (exact) mass is 372 g/mol. The summed E-state index contributed by atoms with van der Waals surface area (Å²) in [4.78, 5) is 4.34. The maximum Gasteiger partial charge on any atom is 0.268 e. The molecular weight excluding hydrogens is 352 g/mol. The van der Waals surface area contributed by atoms with E-state index in [0.717, 1.165) is 47.9 Å². The fourth-order valence-corrected chi connectivity index (χ4v) is 6.30. The Morgan fingerprint density at radius 3 is 2.32 bits per heavy atom. The summed E-state index contributed by atoms with van der Waals surface area (Å²) in [6.45, 7) is 0. The van der Waals surface area contributed by atoms with Gasteiger partial charge >= 0.3 is 0 Å². The average molecular weight is 373 g/mol. The van der Waals surface area contributed by atoms with Crippen LogP contribution in [0.25, 0.3) is 10.2 Å². The van der Waals surface area contributed by atoms with Crippen molar-refractivity contribution in [2.75, 3.05) is 0 Å². The summed E-state index contributed by atoms with van der Waals surface area (Å²) in [6, 6.07) is 17.5. The fourth-order valence-electron chi connectivity index (χ4n) is 3.63. The SMILES string of the molecule is O=S(=O)(NC1(c2ccccc2)CCCCC1)c1nc2ccccc2s1. The number of benzene rings is 2. The normalized spacial score (nSPS) is 17.6. The molecule has 0 spiro atoms. The number of thiazole rings is 1. The minimum Gasteiger partial charge on any atom is -0.224 e. The molecule has 25 heavy (non-hydrogen) atoms. The number of sulfonamides is 1. The molecule has 1 fully saturated rings. The predicted molar refractivity (Wildman–Crippen MR) is 101 cm³/mol. The summed E-state index contributed by atoms with van der Waals surface area (Å²) >= 11 is 1.23. The van der Waals surface area contributed by atoms with E-state index in [1.54, 1.807) is 0 Å². The van der Waals surface area contributed by atoms with Crippen LogP contribution in [-0.2, 0) is 15.6 Å². The van der Waals surface area contributed by atoms with Crippen molar-refractivity contribution in [3.8, 4) is 0 Å². The highest BCUT2D eigenvalue weighted by Crippen LogP contribution is 2.39. The second-order valence-corrected chi connectivity index (χ2v) is 9.45. The summed E-state index contributed by atoms with van der Waals surface area (Å²) in [7, 11) is -3.67. The van der Waals surface area contributed by atoms with Gasteiger partial charge in [0.05, 0.1) is 15.8 Å². The smallest absolute Gasteiger partial charge is 0.224 e. The Kier molecular flexibility index (Phi) is 4.35. The number of hydrogen-bond acceptors (Lipinski definition) is 4. The van der Waals surface area contributed by atoms with Gasteiger partial charge in [-0.05, 0) is 30.5 Å². The zero-order valence-electron chi connectivity index (χ0n) is 13.8. The first kappa shape index (κ1) is 16.7. The van der Waals surface area contributed by atoms with Crippen LogP contribution >= 0.6 is 11.3 Å². The van der Waals surface area contributed by atoms with Crippen LogP contribution in [0.4, 0.5) is 0 Å². The molecule has 1 aliphatic rings. The number of para-hydroxylation sites is 1. The van der Waals surface area contributed by atoms with E-state index >= 15 is 0 Å². The van der Waals surface area contributed by atoms with Crippen LogP contribution in [0, 0.1) is 0 Å². The molecule has 1 aromatic heterocycles. The molecule has 3 aromatic rings. The Bertz CT molecular complexity index is 942. The first-order valence-corrected chi connectivity index (χ1v) is 10.8. The van der Waals surface area contributed by atoms with Crippen LogP contribution in [0.3, 0.4) is 0 Å². The van der Waals surface area contributed by atoms with Gasteiger partial charge in [0.25, 0.3) is 10.0 Å². The quantitative estimate of drug-likeness (QED) is 0.737. The third kappa shape index (κ3) is 3.21. The maximum absolute atomic E-state index is 13.1. The summed E-state index contributed by atoms with van der Waals surface area (Å²) in [5.74, 6) is 0. The maximum atomic E-state index is 13.1. The van der Waals surface area contributed by atoms with Gasteiger partial charge in [-0.2, -0.15) is 4.72 Å². The second kappa shape index (κ2) is 6.52. The molecule has 1 saturated carbocycles. The van der Waals surface area contributed by atoms with E-state index in [0.29, 0.717) is 0 Å². The minimum atomic E-state index is -3.67. The standard InChI is InChI=1S/C19H20N2O2S2/c22-25(23,18-20-16-11-5-6-12-17(16)24-18)21-19(13-7-2-8-14-19)15-9-3-1-4-10-15/h1,3-6,9-12,21H,2,7-8,13-14H2. The summed E-state index contributed by atoms with van der Waals surface area (Å²) in [5, 5.41) is 0. The Morgan fingerprint density at radius 2 is 1.60 bits per heavy atom. The molecule has 0 atom stereocenters. The predicted octanol–water partition coefficient (Wildman–Crippen LogP) is 4.43. The molecule has 0 aliphatic heterocycles. The molecule has 0 radical (unpaired) electrons. The van der Waals surface area contributed by atoms with E-state index < -0.39 is 15.6 Å². The van der Waals surface area contributed by atoms with E-state index in [2.05, 4.69) is 9.71 Å². The fraction of sp³-hybridized carbons (Fsp3) is 0.316. The lowest BCUT2D eigenvalue weighted by atomic mass is 9.77. The van der Waals surface area contributed by atoms with E-state index in [1.807, 2.05) is 54.6 Å². The zero-order valence-corrected chi connectivity index (χ0v) is 15.4. The minimum absolute atomic E-state index is 0.148. The van der Waals surface area contributed by atoms with Gasteiger partial charge < -0.3 is 0 Å². The van der Waals surface area contributed by atoms with Gasteiger partial charge in [-0.25, -0.2) is 13.4 Å². The number of aromatic nitrogens is 1. The third-order valence-electron chi connectivity index (χ3n) is 4.87. The van der Waals surface area contributed by atoms with Gasteiger partial charge in [-0.15, -0.1) is 11.3 Å². The molecule has 1 heterocycles. The molecule has 4 nitrogen and oxygen atoms in total. The Hall–Kier alpha value is -1.76. The topological polar surface area (TPSA) is 59.1 Å². The van der Waals surface area contributed by atoms with Gasteiger partial charge in [0, 0.05) is 0 Å². The highest BCUT2D eigenvalue weighted by molar-refractivity contribution is 7.91. The van der Waals surface area contributed by atoms with Crippen molar-refractivity contribution in [1.29, 1.82) is 0 Å². The van der Waals surface area contributed by atoms with Crippen LogP contribution in [0.15, 0.2) is 58.9 Å². The van der Waals surface area contributed by atoms with Crippen molar-refractivity contribution in [3.63, 3.8) is 0 Å². The second-order valence-electron chi connectivity index (χ2n) is 6.56. The molecule has 1 aliphatic carbocycles. The first-order chi connectivity index (χ1) is 12.1. The van der Waals surface area contributed by atoms with Crippen molar-refractivity contribution in [3.05, 3.63) is 60.2 Å². The molecule has 0 bridgehead atoms. The number of nitrogens with one attached hydrogen (secondary N) is 1. The first-order valence-electron chi connectivity index (χ1n) is 8.54. The molecule has 0 unspecified atom stereocenters. The highest BCUT2D eigenvalue weighted by Gasteiger charge is 2.38. The van der Waals surface area contributed by atoms with Crippen LogP contribution in [0.5, 0.6) is 0 Å². The average Bonchev–Trinajstić information content (AvgIpc) is 3.08. The molecule has 130 valence electrons. The van der Waals surface area contributed by atoms with Crippen LogP contribution in [0.1, 0.15) is 37.7 Å². The zero-order chi connectivity index (χ0) is 17.3. The molecule has 0 amide bonds. The van der Waals surface area contributed by atoms with E-state index in [9.17, 15) is 8.42 Å². The van der Waals surface area contributed by atoms with E-state index in [4.69, 9.17) is 0 Å². The van der Waals surface area contributed by atoms with Crippen molar-refractivity contribution >= 4 is 31.6 Å². The summed E-state index contributed by atoms with van der Waals surface area (Å²) < 4.78 is 30.2. The van der Waals surface area contributed by atoms with Gasteiger partial charge in [0.1, 0.15) is 0 Å². The van der Waals surface area contributed by atoms with Crippen LogP contribution in [-0.4, -0.2) is 13.4 Å². The Labute approximate surface area is 152 Å². The third-order valence-corrected chi connectivity index (χ3v) is 7.82. The molecular formula is C19H20N2O2S2. The van der Waals surface area contributed by atoms with Gasteiger partial charge in [-0.3, -0.25) is 0 Å². The van der Waals surface area contributed by atoms with Crippen molar-refractivity contribution in [2.24, 2.45) is 0 Å². The Morgan fingerprint density at radius 1 is 0.920 bits per heavy atom. The molecule has 4 rings (SSSR count). The van der Waals surface area contributed by atoms with Crippen molar-refractivity contribution in [1.82, 2.24) is 9.71 Å². The van der Waals surface area contributed by atoms with Gasteiger partial charge in [0.15, 0.2) is 0 Å². The number of hydrogen-bond donors (Lipinski definition) is 1. The summed E-state index contributed by atoms with van der Waals surface area (Å²) in [6.07, 6.45) is 4.84. The lowest BCUT2D eigenvalue weighted by Crippen LogP contribution is -2.47. The lowest BCUT2D eigenvalue weighted by Gasteiger charge is -2.38. The number of rotatable bonds is 4. The van der Waals surface area contributed by atoms with Gasteiger partial charge in [0.2, 0.25) is 4.34 Å². The molecule has 0 saturated heterocycles.